The van der Waals surface area contributed by atoms with E-state index in [-0.39, 0.29) is 10.6 Å². The summed E-state index contributed by atoms with van der Waals surface area (Å²) in [5.74, 6) is -0.224. The Morgan fingerprint density at radius 3 is 2.47 bits per heavy atom. The highest BCUT2D eigenvalue weighted by Crippen LogP contribution is 2.36. The van der Waals surface area contributed by atoms with Crippen LogP contribution in [-0.2, 0) is 0 Å². The van der Waals surface area contributed by atoms with Crippen LogP contribution in [0.15, 0.2) is 51.4 Å². The van der Waals surface area contributed by atoms with Crippen LogP contribution in [0.25, 0.3) is 0 Å². The maximum absolute atomic E-state index is 13.2. The van der Waals surface area contributed by atoms with Crippen LogP contribution in [0.4, 0.5) is 4.39 Å². The number of halogens is 4. The van der Waals surface area contributed by atoms with Crippen molar-refractivity contribution in [2.24, 2.45) is 0 Å². The molecule has 17 heavy (non-hydrogen) atoms. The second-order valence-corrected chi connectivity index (χ2v) is 6.27. The molecule has 0 spiro atoms. The number of benzene rings is 2. The van der Waals surface area contributed by atoms with E-state index in [0.29, 0.717) is 0 Å². The molecule has 0 fully saturated rings. The molecule has 1 atom stereocenters. The van der Waals surface area contributed by atoms with E-state index in [9.17, 15) is 4.39 Å². The Kier molecular flexibility index (Phi) is 4.39. The van der Waals surface area contributed by atoms with Gasteiger partial charge in [0.1, 0.15) is 5.82 Å². The van der Waals surface area contributed by atoms with Gasteiger partial charge in [0.2, 0.25) is 0 Å². The van der Waals surface area contributed by atoms with E-state index in [4.69, 9.17) is 0 Å². The first kappa shape index (κ1) is 13.2. The van der Waals surface area contributed by atoms with Crippen molar-refractivity contribution in [1.82, 2.24) is 0 Å². The molecule has 0 heterocycles. The first-order valence-electron chi connectivity index (χ1n) is 4.92. The number of alkyl halides is 1. The van der Waals surface area contributed by atoms with Gasteiger partial charge in [-0.05, 0) is 41.5 Å². The summed E-state index contributed by atoms with van der Waals surface area (Å²) in [6.45, 7) is 0. The van der Waals surface area contributed by atoms with Crippen molar-refractivity contribution in [3.05, 3.63) is 68.4 Å². The lowest BCUT2D eigenvalue weighted by Gasteiger charge is -2.13. The van der Waals surface area contributed by atoms with Crippen LogP contribution < -0.4 is 0 Å². The minimum absolute atomic E-state index is 0.0370. The summed E-state index contributed by atoms with van der Waals surface area (Å²) in [7, 11) is 0. The van der Waals surface area contributed by atoms with Gasteiger partial charge in [-0.2, -0.15) is 0 Å². The van der Waals surface area contributed by atoms with E-state index >= 15 is 0 Å². The van der Waals surface area contributed by atoms with E-state index in [1.54, 1.807) is 6.07 Å². The zero-order valence-corrected chi connectivity index (χ0v) is 13.4. The molecule has 0 aliphatic heterocycles. The van der Waals surface area contributed by atoms with Gasteiger partial charge in [0.05, 0.1) is 4.83 Å². The highest BCUT2D eigenvalue weighted by Gasteiger charge is 2.14. The monoisotopic (exact) mass is 420 g/mol. The maximum Gasteiger partial charge on any atom is 0.123 e. The van der Waals surface area contributed by atoms with Gasteiger partial charge < -0.3 is 0 Å². The molecule has 0 bridgehead atoms. The fourth-order valence-electron chi connectivity index (χ4n) is 1.55. The summed E-state index contributed by atoms with van der Waals surface area (Å²) in [5, 5.41) is 0. The van der Waals surface area contributed by atoms with Crippen molar-refractivity contribution in [2.45, 2.75) is 4.83 Å². The van der Waals surface area contributed by atoms with Crippen LogP contribution in [0, 0.1) is 5.82 Å². The summed E-state index contributed by atoms with van der Waals surface area (Å²) in [6.07, 6.45) is 0. The van der Waals surface area contributed by atoms with Crippen molar-refractivity contribution in [2.75, 3.05) is 0 Å². The topological polar surface area (TPSA) is 0 Å². The van der Waals surface area contributed by atoms with Crippen LogP contribution >= 0.6 is 47.8 Å². The van der Waals surface area contributed by atoms with E-state index in [1.807, 2.05) is 24.3 Å². The Balaban J connectivity index is 2.43. The molecule has 0 amide bonds. The van der Waals surface area contributed by atoms with Crippen LogP contribution in [0.5, 0.6) is 0 Å². The summed E-state index contributed by atoms with van der Waals surface area (Å²) in [6, 6.07) is 12.5. The molecule has 2 aromatic carbocycles. The second kappa shape index (κ2) is 5.63. The molecule has 0 N–H and O–H groups in total. The first-order valence-corrected chi connectivity index (χ1v) is 7.42. The van der Waals surface area contributed by atoms with Crippen LogP contribution in [0.2, 0.25) is 0 Å². The Morgan fingerprint density at radius 1 is 1.00 bits per heavy atom. The fourth-order valence-corrected chi connectivity index (χ4v) is 3.38. The van der Waals surface area contributed by atoms with Gasteiger partial charge in [0.25, 0.3) is 0 Å². The molecule has 1 unspecified atom stereocenters. The van der Waals surface area contributed by atoms with E-state index in [0.717, 1.165) is 20.1 Å². The predicted molar refractivity (Wildman–Crippen MR) is 79.0 cm³/mol. The maximum atomic E-state index is 13.2. The van der Waals surface area contributed by atoms with Crippen LogP contribution in [0.3, 0.4) is 0 Å². The SMILES string of the molecule is Fc1cccc(C(Br)c2cc(Br)ccc2Br)c1. The number of rotatable bonds is 2. The lowest BCUT2D eigenvalue weighted by molar-refractivity contribution is 0.626. The average Bonchev–Trinajstić information content (AvgIpc) is 2.31. The van der Waals surface area contributed by atoms with E-state index in [1.165, 1.54) is 12.1 Å². The third-order valence-electron chi connectivity index (χ3n) is 2.37. The summed E-state index contributed by atoms with van der Waals surface area (Å²) < 4.78 is 15.2. The summed E-state index contributed by atoms with van der Waals surface area (Å²) in [5.41, 5.74) is 1.95. The summed E-state index contributed by atoms with van der Waals surface area (Å²) in [4.78, 5) is -0.0370. The number of hydrogen-bond donors (Lipinski definition) is 0. The molecule has 0 saturated carbocycles. The summed E-state index contributed by atoms with van der Waals surface area (Å²) >= 11 is 10.5. The Morgan fingerprint density at radius 2 is 1.76 bits per heavy atom. The van der Waals surface area contributed by atoms with Crippen molar-refractivity contribution in [3.8, 4) is 0 Å². The standard InChI is InChI=1S/C13H8Br3F/c14-9-4-5-12(15)11(7-9)13(16)8-2-1-3-10(17)6-8/h1-7,13H. The van der Waals surface area contributed by atoms with Crippen LogP contribution in [0.1, 0.15) is 16.0 Å². The molecule has 0 aliphatic rings. The number of hydrogen-bond acceptors (Lipinski definition) is 0. The van der Waals surface area contributed by atoms with Crippen molar-refractivity contribution in [1.29, 1.82) is 0 Å². The third-order valence-corrected chi connectivity index (χ3v) is 4.61. The second-order valence-electron chi connectivity index (χ2n) is 3.58. The predicted octanol–water partition coefficient (Wildman–Crippen LogP) is 5.84. The molecule has 2 rings (SSSR count). The minimum Gasteiger partial charge on any atom is -0.207 e. The Labute approximate surface area is 125 Å². The van der Waals surface area contributed by atoms with Gasteiger partial charge in [-0.25, -0.2) is 4.39 Å². The molecule has 4 heteroatoms. The first-order chi connectivity index (χ1) is 8.08. The zero-order chi connectivity index (χ0) is 12.4. The molecule has 0 nitrogen and oxygen atoms in total. The van der Waals surface area contributed by atoms with Gasteiger partial charge in [0.15, 0.2) is 0 Å². The quantitative estimate of drug-likeness (QED) is 0.534. The molecule has 88 valence electrons. The van der Waals surface area contributed by atoms with Gasteiger partial charge in [-0.1, -0.05) is 59.9 Å². The van der Waals surface area contributed by atoms with Gasteiger partial charge in [0, 0.05) is 8.95 Å². The third kappa shape index (κ3) is 3.18. The van der Waals surface area contributed by atoms with E-state index in [2.05, 4.69) is 47.8 Å². The van der Waals surface area contributed by atoms with Crippen molar-refractivity contribution >= 4 is 47.8 Å². The molecule has 0 saturated heterocycles. The Bertz CT molecular complexity index is 540. The largest absolute Gasteiger partial charge is 0.207 e. The normalized spacial score (nSPS) is 12.5. The minimum atomic E-state index is -0.224. The van der Waals surface area contributed by atoms with Crippen molar-refractivity contribution < 1.29 is 4.39 Å². The molecular formula is C13H8Br3F. The highest BCUT2D eigenvalue weighted by atomic mass is 79.9. The zero-order valence-electron chi connectivity index (χ0n) is 8.63. The smallest absolute Gasteiger partial charge is 0.123 e. The molecule has 0 aliphatic carbocycles. The molecular weight excluding hydrogens is 415 g/mol. The molecule has 0 radical (unpaired) electrons. The van der Waals surface area contributed by atoms with Crippen molar-refractivity contribution in [3.63, 3.8) is 0 Å². The molecule has 2 aromatic rings. The van der Waals surface area contributed by atoms with Gasteiger partial charge in [-0.3, -0.25) is 0 Å². The van der Waals surface area contributed by atoms with Gasteiger partial charge >= 0.3 is 0 Å². The van der Waals surface area contributed by atoms with E-state index < -0.39 is 0 Å². The fraction of sp³-hybridized carbons (Fsp3) is 0.0769. The van der Waals surface area contributed by atoms with Crippen LogP contribution in [-0.4, -0.2) is 0 Å². The lowest BCUT2D eigenvalue weighted by atomic mass is 10.0. The lowest BCUT2D eigenvalue weighted by Crippen LogP contribution is -1.94. The average molecular weight is 423 g/mol. The Hall–Kier alpha value is -0.190. The molecule has 0 aromatic heterocycles. The van der Waals surface area contributed by atoms with Gasteiger partial charge in [-0.15, -0.1) is 0 Å². The highest BCUT2D eigenvalue weighted by molar-refractivity contribution is 9.11.